The number of rotatable bonds is 4. The predicted molar refractivity (Wildman–Crippen MR) is 78.9 cm³/mol. The van der Waals surface area contributed by atoms with Crippen molar-refractivity contribution in [1.29, 1.82) is 5.26 Å². The van der Waals surface area contributed by atoms with E-state index in [1.807, 2.05) is 12.1 Å². The molecule has 0 spiro atoms. The van der Waals surface area contributed by atoms with Crippen molar-refractivity contribution in [3.63, 3.8) is 0 Å². The first-order chi connectivity index (χ1) is 8.26. The lowest BCUT2D eigenvalue weighted by Crippen LogP contribution is -1.82. The van der Waals surface area contributed by atoms with Gasteiger partial charge in [-0.2, -0.15) is 5.26 Å². The number of halogens is 1. The van der Waals surface area contributed by atoms with Gasteiger partial charge in [-0.15, -0.1) is 11.8 Å². The first-order valence-corrected chi connectivity index (χ1v) is 7.06. The monoisotopic (exact) mass is 358 g/mol. The van der Waals surface area contributed by atoms with Gasteiger partial charge in [-0.3, -0.25) is 2.78 Å². The topological polar surface area (TPSA) is 37.9 Å². The average molecular weight is 358 g/mol. The molecule has 0 aliphatic rings. The zero-order chi connectivity index (χ0) is 12.3. The number of aromatic nitrogens is 1. The van der Waals surface area contributed by atoms with Crippen LogP contribution in [0.2, 0.25) is 0 Å². The summed E-state index contributed by atoms with van der Waals surface area (Å²) >= 11 is 3.97. The molecule has 0 bridgehead atoms. The largest absolute Gasteiger partial charge is 0.497 e. The molecule has 0 saturated heterocycles. The third-order valence-electron chi connectivity index (χ3n) is 2.40. The van der Waals surface area contributed by atoms with Crippen LogP contribution < -0.4 is 4.74 Å². The highest BCUT2D eigenvalue weighted by Crippen LogP contribution is 2.33. The van der Waals surface area contributed by atoms with Crippen molar-refractivity contribution in [3.05, 3.63) is 24.4 Å². The minimum absolute atomic E-state index is 0.572. The number of ether oxygens (including phenoxy) is 1. The molecule has 0 atom stereocenters. The van der Waals surface area contributed by atoms with Crippen LogP contribution in [0.4, 0.5) is 0 Å². The van der Waals surface area contributed by atoms with Crippen molar-refractivity contribution in [2.45, 2.75) is 11.3 Å². The second kappa shape index (κ2) is 5.65. The van der Waals surface area contributed by atoms with Crippen molar-refractivity contribution in [2.24, 2.45) is 0 Å². The van der Waals surface area contributed by atoms with E-state index in [1.165, 1.54) is 15.8 Å². The van der Waals surface area contributed by atoms with Gasteiger partial charge >= 0.3 is 0 Å². The number of nitrogens with zero attached hydrogens (tertiary/aromatic N) is 2. The zero-order valence-corrected chi connectivity index (χ0v) is 12.3. The van der Waals surface area contributed by atoms with Crippen LogP contribution in [0.3, 0.4) is 0 Å². The van der Waals surface area contributed by atoms with Crippen LogP contribution in [0, 0.1) is 11.3 Å². The SMILES string of the molecule is COc1ccc2c(c1)c(SCCC#N)cn2I. The fourth-order valence-electron chi connectivity index (χ4n) is 1.59. The van der Waals surface area contributed by atoms with Crippen LogP contribution in [0.25, 0.3) is 10.9 Å². The second-order valence-corrected chi connectivity index (χ2v) is 5.62. The quantitative estimate of drug-likeness (QED) is 0.473. The van der Waals surface area contributed by atoms with E-state index in [1.54, 1.807) is 18.9 Å². The van der Waals surface area contributed by atoms with E-state index in [-0.39, 0.29) is 0 Å². The van der Waals surface area contributed by atoms with Crippen LogP contribution >= 0.6 is 34.6 Å². The molecule has 2 aromatic rings. The minimum atomic E-state index is 0.572. The Morgan fingerprint density at radius 1 is 1.53 bits per heavy atom. The van der Waals surface area contributed by atoms with Crippen molar-refractivity contribution in [2.75, 3.05) is 12.9 Å². The fourth-order valence-corrected chi connectivity index (χ4v) is 3.39. The van der Waals surface area contributed by atoms with Crippen LogP contribution in [0.1, 0.15) is 6.42 Å². The van der Waals surface area contributed by atoms with Crippen LogP contribution in [0.5, 0.6) is 5.75 Å². The van der Waals surface area contributed by atoms with E-state index in [9.17, 15) is 0 Å². The van der Waals surface area contributed by atoms with Gasteiger partial charge in [0.25, 0.3) is 0 Å². The number of hydrogen-bond donors (Lipinski definition) is 0. The van der Waals surface area contributed by atoms with E-state index in [0.29, 0.717) is 6.42 Å². The normalized spacial score (nSPS) is 10.4. The molecule has 3 nitrogen and oxygen atoms in total. The van der Waals surface area contributed by atoms with Gasteiger partial charge < -0.3 is 4.74 Å². The number of methoxy groups -OCH3 is 1. The van der Waals surface area contributed by atoms with E-state index < -0.39 is 0 Å². The van der Waals surface area contributed by atoms with Gasteiger partial charge in [-0.25, -0.2) is 0 Å². The Bertz CT molecular complexity index is 574. The summed E-state index contributed by atoms with van der Waals surface area (Å²) in [5.74, 6) is 1.69. The number of fused-ring (bicyclic) bond motifs is 1. The number of benzene rings is 1. The molecule has 1 aromatic heterocycles. The molecule has 17 heavy (non-hydrogen) atoms. The smallest absolute Gasteiger partial charge is 0.119 e. The van der Waals surface area contributed by atoms with Gasteiger partial charge in [0.2, 0.25) is 0 Å². The molecule has 0 radical (unpaired) electrons. The molecule has 0 aliphatic carbocycles. The maximum absolute atomic E-state index is 8.55. The molecule has 0 N–H and O–H groups in total. The van der Waals surface area contributed by atoms with Gasteiger partial charge in [-0.05, 0) is 18.2 Å². The third-order valence-corrected chi connectivity index (χ3v) is 4.24. The Hall–Kier alpha value is -0.870. The molecule has 2 rings (SSSR count). The minimum Gasteiger partial charge on any atom is -0.497 e. The number of nitriles is 1. The zero-order valence-electron chi connectivity index (χ0n) is 9.31. The Morgan fingerprint density at radius 2 is 2.35 bits per heavy atom. The summed E-state index contributed by atoms with van der Waals surface area (Å²) < 4.78 is 7.31. The Balaban J connectivity index is 2.38. The summed E-state index contributed by atoms with van der Waals surface area (Å²) in [4.78, 5) is 1.20. The molecule has 0 unspecified atom stereocenters. The summed E-state index contributed by atoms with van der Waals surface area (Å²) in [6.45, 7) is 0. The van der Waals surface area contributed by atoms with Crippen molar-refractivity contribution in [1.82, 2.24) is 2.78 Å². The van der Waals surface area contributed by atoms with Gasteiger partial charge in [-0.1, -0.05) is 0 Å². The standard InChI is InChI=1S/C12H11IN2OS/c1-16-9-3-4-11-10(7-9)12(8-15(11)13)17-6-2-5-14/h3-4,7-8H,2,6H2,1H3. The highest BCUT2D eigenvalue weighted by molar-refractivity contribution is 14.1. The van der Waals surface area contributed by atoms with Gasteiger partial charge in [0.15, 0.2) is 0 Å². The highest BCUT2D eigenvalue weighted by Gasteiger charge is 2.08. The van der Waals surface area contributed by atoms with Gasteiger partial charge in [0.1, 0.15) is 5.75 Å². The predicted octanol–water partition coefficient (Wildman–Crippen LogP) is 3.85. The van der Waals surface area contributed by atoms with Gasteiger partial charge in [0, 0.05) is 28.7 Å². The lowest BCUT2D eigenvalue weighted by atomic mass is 10.2. The van der Waals surface area contributed by atoms with E-state index in [2.05, 4.69) is 44.0 Å². The summed E-state index contributed by atoms with van der Waals surface area (Å²) in [7, 11) is 1.67. The summed E-state index contributed by atoms with van der Waals surface area (Å²) in [6, 6.07) is 8.21. The van der Waals surface area contributed by atoms with E-state index >= 15 is 0 Å². The first kappa shape index (κ1) is 12.6. The molecule has 0 fully saturated rings. The maximum atomic E-state index is 8.55. The molecule has 5 heteroatoms. The van der Waals surface area contributed by atoms with Crippen molar-refractivity contribution >= 4 is 45.5 Å². The van der Waals surface area contributed by atoms with Crippen LogP contribution in [-0.4, -0.2) is 15.6 Å². The lowest BCUT2D eigenvalue weighted by molar-refractivity contribution is 0.415. The molecule has 1 heterocycles. The Labute approximate surface area is 118 Å². The average Bonchev–Trinajstić information content (AvgIpc) is 2.66. The van der Waals surface area contributed by atoms with Crippen LogP contribution in [0.15, 0.2) is 29.3 Å². The highest BCUT2D eigenvalue weighted by atomic mass is 127. The van der Waals surface area contributed by atoms with Crippen molar-refractivity contribution < 1.29 is 4.74 Å². The van der Waals surface area contributed by atoms with Crippen molar-refractivity contribution in [3.8, 4) is 11.8 Å². The summed E-state index contributed by atoms with van der Waals surface area (Å²) in [6.07, 6.45) is 2.66. The maximum Gasteiger partial charge on any atom is 0.119 e. The molecular weight excluding hydrogens is 347 g/mol. The third kappa shape index (κ3) is 2.69. The first-order valence-electron chi connectivity index (χ1n) is 5.11. The Kier molecular flexibility index (Phi) is 4.18. The van der Waals surface area contributed by atoms with Gasteiger partial charge in [0.05, 0.1) is 41.6 Å². The lowest BCUT2D eigenvalue weighted by Gasteiger charge is -2.01. The number of hydrogen-bond acceptors (Lipinski definition) is 3. The molecular formula is C12H11IN2OS. The summed E-state index contributed by atoms with van der Waals surface area (Å²) in [5.41, 5.74) is 1.17. The molecule has 0 aliphatic heterocycles. The molecule has 0 amide bonds. The second-order valence-electron chi connectivity index (χ2n) is 3.44. The molecule has 1 aromatic carbocycles. The molecule has 88 valence electrons. The van der Waals surface area contributed by atoms with E-state index in [4.69, 9.17) is 10.00 Å². The van der Waals surface area contributed by atoms with Crippen LogP contribution in [-0.2, 0) is 0 Å². The van der Waals surface area contributed by atoms with E-state index in [0.717, 1.165) is 11.5 Å². The number of thioether (sulfide) groups is 1. The fraction of sp³-hybridized carbons (Fsp3) is 0.250. The summed E-state index contributed by atoms with van der Waals surface area (Å²) in [5, 5.41) is 9.74. The Morgan fingerprint density at radius 3 is 3.06 bits per heavy atom. The molecule has 0 saturated carbocycles.